The molecule has 1 heterocycles. The first-order valence-electron chi connectivity index (χ1n) is 8.02. The van der Waals surface area contributed by atoms with Gasteiger partial charge in [-0.1, -0.05) is 18.2 Å². The molecule has 9 heteroatoms. The third-order valence-electron chi connectivity index (χ3n) is 3.76. The Hall–Kier alpha value is -1.60. The van der Waals surface area contributed by atoms with Gasteiger partial charge in [0, 0.05) is 14.8 Å². The molecule has 1 fully saturated rings. The first-order chi connectivity index (χ1) is 13.4. The molecule has 1 N–H and O–H groups in total. The molecular formula is C19H14I2N2O4S. The molecular weight excluding hydrogens is 606 g/mol. The highest BCUT2D eigenvalue weighted by Crippen LogP contribution is 2.36. The molecule has 2 aromatic rings. The third kappa shape index (κ3) is 4.87. The first-order valence-corrected chi connectivity index (χ1v) is 11.0. The van der Waals surface area contributed by atoms with E-state index in [0.717, 1.165) is 23.8 Å². The lowest BCUT2D eigenvalue weighted by Crippen LogP contribution is -2.36. The molecule has 2 aromatic carbocycles. The normalized spacial score (nSPS) is 15.2. The SMILES string of the molecule is COc1c(I)cc(I)cc1/C=C1\SC(=O)N(CC(=O)Nc2ccccc2)C1=O. The Bertz CT molecular complexity index is 979. The Morgan fingerprint density at radius 1 is 1.21 bits per heavy atom. The van der Waals surface area contributed by atoms with Crippen molar-refractivity contribution in [2.75, 3.05) is 19.0 Å². The average molecular weight is 620 g/mol. The zero-order valence-corrected chi connectivity index (χ0v) is 19.7. The number of ether oxygens (including phenoxy) is 1. The summed E-state index contributed by atoms with van der Waals surface area (Å²) in [5.41, 5.74) is 1.31. The summed E-state index contributed by atoms with van der Waals surface area (Å²) in [5, 5.41) is 2.20. The van der Waals surface area contributed by atoms with Crippen LogP contribution >= 0.6 is 56.9 Å². The molecule has 0 bridgehead atoms. The fourth-order valence-corrected chi connectivity index (χ4v) is 5.49. The number of hydrogen-bond donors (Lipinski definition) is 1. The van der Waals surface area contributed by atoms with Crippen molar-refractivity contribution in [3.8, 4) is 5.75 Å². The van der Waals surface area contributed by atoms with E-state index in [9.17, 15) is 14.4 Å². The summed E-state index contributed by atoms with van der Waals surface area (Å²) >= 11 is 5.15. The summed E-state index contributed by atoms with van der Waals surface area (Å²) in [6, 6.07) is 12.7. The van der Waals surface area contributed by atoms with E-state index < -0.39 is 17.1 Å². The molecule has 1 aliphatic rings. The van der Waals surface area contributed by atoms with Crippen molar-refractivity contribution in [1.82, 2.24) is 4.90 Å². The Kier molecular flexibility index (Phi) is 6.99. The number of amides is 3. The van der Waals surface area contributed by atoms with Crippen LogP contribution in [0.1, 0.15) is 5.56 Å². The van der Waals surface area contributed by atoms with Crippen LogP contribution in [0, 0.1) is 7.14 Å². The van der Waals surface area contributed by atoms with Crippen LogP contribution < -0.4 is 10.1 Å². The number of imide groups is 1. The van der Waals surface area contributed by atoms with Gasteiger partial charge in [-0.3, -0.25) is 19.3 Å². The second-order valence-corrected chi connectivity index (χ2v) is 9.09. The number of anilines is 1. The van der Waals surface area contributed by atoms with E-state index in [1.165, 1.54) is 0 Å². The number of rotatable bonds is 5. The van der Waals surface area contributed by atoms with Crippen molar-refractivity contribution in [3.63, 3.8) is 0 Å². The molecule has 0 spiro atoms. The quantitative estimate of drug-likeness (QED) is 0.392. The van der Waals surface area contributed by atoms with E-state index >= 15 is 0 Å². The summed E-state index contributed by atoms with van der Waals surface area (Å²) < 4.78 is 7.31. The van der Waals surface area contributed by atoms with Gasteiger partial charge < -0.3 is 10.1 Å². The van der Waals surface area contributed by atoms with Crippen LogP contribution in [0.15, 0.2) is 47.4 Å². The molecule has 1 saturated heterocycles. The Balaban J connectivity index is 1.78. The topological polar surface area (TPSA) is 75.7 Å². The predicted octanol–water partition coefficient (Wildman–Crippen LogP) is 4.58. The minimum absolute atomic E-state index is 0.258. The van der Waals surface area contributed by atoms with Gasteiger partial charge >= 0.3 is 0 Å². The smallest absolute Gasteiger partial charge is 0.294 e. The molecule has 28 heavy (non-hydrogen) atoms. The van der Waals surface area contributed by atoms with Crippen LogP contribution in [0.25, 0.3) is 6.08 Å². The summed E-state index contributed by atoms with van der Waals surface area (Å²) in [4.78, 5) is 38.4. The summed E-state index contributed by atoms with van der Waals surface area (Å²) in [5.74, 6) is -0.292. The Morgan fingerprint density at radius 2 is 1.93 bits per heavy atom. The second kappa shape index (κ2) is 9.27. The zero-order valence-electron chi connectivity index (χ0n) is 14.6. The molecule has 0 aromatic heterocycles. The number of nitrogens with one attached hydrogen (secondary N) is 1. The molecule has 0 unspecified atom stereocenters. The van der Waals surface area contributed by atoms with Crippen LogP contribution in [0.3, 0.4) is 0 Å². The summed E-state index contributed by atoms with van der Waals surface area (Å²) in [6.07, 6.45) is 1.63. The summed E-state index contributed by atoms with van der Waals surface area (Å²) in [7, 11) is 1.56. The van der Waals surface area contributed by atoms with Gasteiger partial charge in [-0.2, -0.15) is 0 Å². The van der Waals surface area contributed by atoms with Crippen LogP contribution in [0.4, 0.5) is 10.5 Å². The van der Waals surface area contributed by atoms with E-state index in [1.54, 1.807) is 37.5 Å². The van der Waals surface area contributed by atoms with Gasteiger partial charge in [0.2, 0.25) is 5.91 Å². The van der Waals surface area contributed by atoms with Crippen molar-refractivity contribution < 1.29 is 19.1 Å². The molecule has 0 aliphatic carbocycles. The van der Waals surface area contributed by atoms with Crippen molar-refractivity contribution >= 4 is 85.8 Å². The number of halogens is 2. The molecule has 0 atom stereocenters. The van der Waals surface area contributed by atoms with Crippen molar-refractivity contribution in [1.29, 1.82) is 0 Å². The van der Waals surface area contributed by atoms with Crippen molar-refractivity contribution in [3.05, 3.63) is 60.1 Å². The van der Waals surface area contributed by atoms with Gasteiger partial charge in [-0.05, 0) is 87.3 Å². The van der Waals surface area contributed by atoms with E-state index in [-0.39, 0.29) is 11.4 Å². The fraction of sp³-hybridized carbons (Fsp3) is 0.105. The molecule has 3 amide bonds. The van der Waals surface area contributed by atoms with Gasteiger partial charge in [0.25, 0.3) is 11.1 Å². The molecule has 144 valence electrons. The van der Waals surface area contributed by atoms with Crippen LogP contribution in [0.5, 0.6) is 5.75 Å². The molecule has 3 rings (SSSR count). The number of nitrogens with zero attached hydrogens (tertiary/aromatic N) is 1. The molecule has 0 saturated carbocycles. The number of para-hydroxylation sites is 1. The van der Waals surface area contributed by atoms with E-state index in [2.05, 4.69) is 50.5 Å². The Morgan fingerprint density at radius 3 is 2.61 bits per heavy atom. The number of thioether (sulfide) groups is 1. The van der Waals surface area contributed by atoms with E-state index in [1.807, 2.05) is 18.2 Å². The average Bonchev–Trinajstić information content (AvgIpc) is 2.89. The highest BCUT2D eigenvalue weighted by atomic mass is 127. The predicted molar refractivity (Wildman–Crippen MR) is 126 cm³/mol. The maximum absolute atomic E-state index is 12.7. The monoisotopic (exact) mass is 620 g/mol. The number of hydrogen-bond acceptors (Lipinski definition) is 5. The van der Waals surface area contributed by atoms with Gasteiger partial charge in [-0.25, -0.2) is 0 Å². The molecule has 1 aliphatic heterocycles. The standard InChI is InChI=1S/C19H14I2N2O4S/c1-27-17-11(7-12(20)9-14(17)21)8-15-18(25)23(19(26)28-15)10-16(24)22-13-5-3-2-4-6-13/h2-9H,10H2,1H3,(H,22,24)/b15-8-. The lowest BCUT2D eigenvalue weighted by Gasteiger charge is -2.12. The van der Waals surface area contributed by atoms with Crippen molar-refractivity contribution in [2.45, 2.75) is 0 Å². The van der Waals surface area contributed by atoms with Crippen LogP contribution in [-0.4, -0.2) is 35.6 Å². The fourth-order valence-electron chi connectivity index (χ4n) is 2.55. The Labute approximate surface area is 193 Å². The third-order valence-corrected chi connectivity index (χ3v) is 6.09. The maximum atomic E-state index is 12.7. The van der Waals surface area contributed by atoms with Gasteiger partial charge in [0.15, 0.2) is 0 Å². The number of carbonyl (C=O) groups is 3. The number of carbonyl (C=O) groups excluding carboxylic acids is 3. The van der Waals surface area contributed by atoms with Gasteiger partial charge in [-0.15, -0.1) is 0 Å². The van der Waals surface area contributed by atoms with E-state index in [4.69, 9.17) is 4.74 Å². The highest BCUT2D eigenvalue weighted by molar-refractivity contribution is 14.1. The van der Waals surface area contributed by atoms with E-state index in [0.29, 0.717) is 17.0 Å². The van der Waals surface area contributed by atoms with Crippen LogP contribution in [0.2, 0.25) is 0 Å². The minimum Gasteiger partial charge on any atom is -0.495 e. The largest absolute Gasteiger partial charge is 0.495 e. The highest BCUT2D eigenvalue weighted by Gasteiger charge is 2.36. The van der Waals surface area contributed by atoms with Gasteiger partial charge in [0.1, 0.15) is 12.3 Å². The van der Waals surface area contributed by atoms with Crippen molar-refractivity contribution in [2.24, 2.45) is 0 Å². The number of benzene rings is 2. The van der Waals surface area contributed by atoms with Gasteiger partial charge in [0.05, 0.1) is 15.6 Å². The first kappa shape index (κ1) is 21.1. The minimum atomic E-state index is -0.492. The lowest BCUT2D eigenvalue weighted by atomic mass is 10.2. The lowest BCUT2D eigenvalue weighted by molar-refractivity contribution is -0.127. The zero-order chi connectivity index (χ0) is 20.3. The second-order valence-electron chi connectivity index (χ2n) is 5.69. The summed E-state index contributed by atoms with van der Waals surface area (Å²) in [6.45, 7) is -0.335. The maximum Gasteiger partial charge on any atom is 0.294 e. The molecule has 6 nitrogen and oxygen atoms in total. The molecule has 0 radical (unpaired) electrons. The van der Waals surface area contributed by atoms with Crippen LogP contribution in [-0.2, 0) is 9.59 Å². The number of methoxy groups -OCH3 is 1.